The fraction of sp³-hybridized carbons (Fsp3) is 0.500. The maximum absolute atomic E-state index is 13.3. The number of hydrogen-bond donors (Lipinski definition) is 1. The smallest absolute Gasteiger partial charge is 0.242 e. The SMILES string of the molecule is C[C@H](C(=O)NC1CCCCC1)N(CCc1ccccc1)C(=O)CCCN(c1ccccc1)S(C)(=O)=O. The van der Waals surface area contributed by atoms with E-state index in [9.17, 15) is 18.0 Å². The van der Waals surface area contributed by atoms with Gasteiger partial charge in [0.05, 0.1) is 11.9 Å². The number of anilines is 1. The van der Waals surface area contributed by atoms with E-state index in [1.165, 1.54) is 17.0 Å². The zero-order chi connectivity index (χ0) is 26.0. The highest BCUT2D eigenvalue weighted by molar-refractivity contribution is 7.92. The monoisotopic (exact) mass is 513 g/mol. The first-order chi connectivity index (χ1) is 17.3. The van der Waals surface area contributed by atoms with E-state index in [0.29, 0.717) is 25.1 Å². The van der Waals surface area contributed by atoms with Crippen LogP contribution in [0.3, 0.4) is 0 Å². The van der Waals surface area contributed by atoms with Gasteiger partial charge in [-0.2, -0.15) is 0 Å². The number of rotatable bonds is 12. The van der Waals surface area contributed by atoms with Crippen molar-refractivity contribution in [2.75, 3.05) is 23.7 Å². The van der Waals surface area contributed by atoms with Crippen molar-refractivity contribution in [1.82, 2.24) is 10.2 Å². The van der Waals surface area contributed by atoms with Crippen LogP contribution in [0.25, 0.3) is 0 Å². The number of nitrogens with one attached hydrogen (secondary N) is 1. The molecule has 36 heavy (non-hydrogen) atoms. The number of hydrogen-bond acceptors (Lipinski definition) is 4. The highest BCUT2D eigenvalue weighted by Gasteiger charge is 2.28. The van der Waals surface area contributed by atoms with Crippen molar-refractivity contribution >= 4 is 27.5 Å². The Bertz CT molecular complexity index is 1070. The second-order valence-corrected chi connectivity index (χ2v) is 11.5. The van der Waals surface area contributed by atoms with Gasteiger partial charge >= 0.3 is 0 Å². The first-order valence-electron chi connectivity index (χ1n) is 12.9. The average Bonchev–Trinajstić information content (AvgIpc) is 2.87. The number of sulfonamides is 1. The van der Waals surface area contributed by atoms with Gasteiger partial charge in [-0.15, -0.1) is 0 Å². The molecular formula is C28H39N3O4S. The van der Waals surface area contributed by atoms with E-state index < -0.39 is 16.1 Å². The van der Waals surface area contributed by atoms with E-state index in [2.05, 4.69) is 5.32 Å². The number of benzene rings is 2. The topological polar surface area (TPSA) is 86.8 Å². The molecule has 2 amide bonds. The van der Waals surface area contributed by atoms with Gasteiger partial charge in [-0.1, -0.05) is 67.8 Å². The van der Waals surface area contributed by atoms with Crippen LogP contribution in [-0.4, -0.2) is 56.6 Å². The Balaban J connectivity index is 1.65. The second-order valence-electron chi connectivity index (χ2n) is 9.62. The van der Waals surface area contributed by atoms with Gasteiger partial charge in [0, 0.05) is 25.6 Å². The molecule has 3 rings (SSSR count). The summed E-state index contributed by atoms with van der Waals surface area (Å²) in [7, 11) is -3.48. The number of carbonyl (C=O) groups excluding carboxylic acids is 2. The summed E-state index contributed by atoms with van der Waals surface area (Å²) in [4.78, 5) is 28.1. The molecule has 1 N–H and O–H groups in total. The molecule has 7 nitrogen and oxygen atoms in total. The van der Waals surface area contributed by atoms with E-state index >= 15 is 0 Å². The summed E-state index contributed by atoms with van der Waals surface area (Å²) in [6.45, 7) is 2.41. The van der Waals surface area contributed by atoms with Gasteiger partial charge in [0.1, 0.15) is 6.04 Å². The first kappa shape index (κ1) is 27.7. The normalized spacial score (nSPS) is 15.2. The first-order valence-corrected chi connectivity index (χ1v) is 14.8. The summed E-state index contributed by atoms with van der Waals surface area (Å²) in [6, 6.07) is 18.4. The van der Waals surface area contributed by atoms with E-state index in [-0.39, 0.29) is 30.8 Å². The van der Waals surface area contributed by atoms with Crippen LogP contribution in [0.4, 0.5) is 5.69 Å². The Morgan fingerprint density at radius 2 is 1.56 bits per heavy atom. The van der Waals surface area contributed by atoms with Gasteiger partial charge in [0.15, 0.2) is 0 Å². The Labute approximate surface area is 215 Å². The van der Waals surface area contributed by atoms with E-state index in [1.807, 2.05) is 36.4 Å². The van der Waals surface area contributed by atoms with Crippen LogP contribution in [0.15, 0.2) is 60.7 Å². The van der Waals surface area contributed by atoms with Gasteiger partial charge < -0.3 is 10.2 Å². The molecule has 1 aliphatic carbocycles. The third-order valence-corrected chi connectivity index (χ3v) is 7.99. The van der Waals surface area contributed by atoms with Crippen molar-refractivity contribution in [2.24, 2.45) is 0 Å². The zero-order valence-corrected chi connectivity index (χ0v) is 22.3. The molecule has 0 saturated heterocycles. The molecule has 1 atom stereocenters. The molecule has 196 valence electrons. The molecular weight excluding hydrogens is 474 g/mol. The van der Waals surface area contributed by atoms with Crippen LogP contribution in [-0.2, 0) is 26.0 Å². The molecule has 1 aliphatic rings. The van der Waals surface area contributed by atoms with Crippen molar-refractivity contribution in [3.05, 3.63) is 66.2 Å². The minimum atomic E-state index is -3.48. The summed E-state index contributed by atoms with van der Waals surface area (Å²) >= 11 is 0. The molecule has 0 radical (unpaired) electrons. The quantitative estimate of drug-likeness (QED) is 0.462. The van der Waals surface area contributed by atoms with Crippen LogP contribution in [0.1, 0.15) is 57.4 Å². The Kier molecular flexibility index (Phi) is 10.3. The lowest BCUT2D eigenvalue weighted by molar-refractivity contribution is -0.140. The zero-order valence-electron chi connectivity index (χ0n) is 21.4. The summed E-state index contributed by atoms with van der Waals surface area (Å²) < 4.78 is 26.1. The highest BCUT2D eigenvalue weighted by Crippen LogP contribution is 2.19. The van der Waals surface area contributed by atoms with Crippen molar-refractivity contribution in [3.63, 3.8) is 0 Å². The lowest BCUT2D eigenvalue weighted by atomic mass is 9.95. The summed E-state index contributed by atoms with van der Waals surface area (Å²) in [6.07, 6.45) is 7.75. The molecule has 2 aromatic rings. The predicted octanol–water partition coefficient (Wildman–Crippen LogP) is 4.14. The molecule has 0 spiro atoms. The molecule has 0 heterocycles. The maximum atomic E-state index is 13.3. The predicted molar refractivity (Wildman–Crippen MR) is 144 cm³/mol. The molecule has 1 fully saturated rings. The Morgan fingerprint density at radius 3 is 2.17 bits per heavy atom. The lowest BCUT2D eigenvalue weighted by Crippen LogP contribution is -2.51. The van der Waals surface area contributed by atoms with Crippen LogP contribution < -0.4 is 9.62 Å². The fourth-order valence-corrected chi connectivity index (χ4v) is 5.70. The Hall–Kier alpha value is -2.87. The number of para-hydroxylation sites is 1. The van der Waals surface area contributed by atoms with Gasteiger partial charge in [-0.3, -0.25) is 13.9 Å². The van der Waals surface area contributed by atoms with Crippen molar-refractivity contribution < 1.29 is 18.0 Å². The van der Waals surface area contributed by atoms with Crippen molar-refractivity contribution in [2.45, 2.75) is 70.4 Å². The van der Waals surface area contributed by atoms with E-state index in [0.717, 1.165) is 31.2 Å². The molecule has 1 saturated carbocycles. The largest absolute Gasteiger partial charge is 0.352 e. The third kappa shape index (κ3) is 8.36. The molecule has 0 aliphatic heterocycles. The lowest BCUT2D eigenvalue weighted by Gasteiger charge is -2.31. The highest BCUT2D eigenvalue weighted by atomic mass is 32.2. The fourth-order valence-electron chi connectivity index (χ4n) is 4.74. The Morgan fingerprint density at radius 1 is 0.944 bits per heavy atom. The van der Waals surface area contributed by atoms with Gasteiger partial charge in [0.25, 0.3) is 0 Å². The summed E-state index contributed by atoms with van der Waals surface area (Å²) in [5.41, 5.74) is 1.68. The van der Waals surface area contributed by atoms with Crippen molar-refractivity contribution in [3.8, 4) is 0 Å². The molecule has 0 unspecified atom stereocenters. The second kappa shape index (κ2) is 13.4. The van der Waals surface area contributed by atoms with Gasteiger partial charge in [-0.05, 0) is 50.3 Å². The van der Waals surface area contributed by atoms with Crippen LogP contribution in [0, 0.1) is 0 Å². The molecule has 2 aromatic carbocycles. The summed E-state index contributed by atoms with van der Waals surface area (Å²) in [5.74, 6) is -0.260. The van der Waals surface area contributed by atoms with Gasteiger partial charge in [-0.25, -0.2) is 8.42 Å². The average molecular weight is 514 g/mol. The van der Waals surface area contributed by atoms with Crippen molar-refractivity contribution in [1.29, 1.82) is 0 Å². The molecule has 0 bridgehead atoms. The van der Waals surface area contributed by atoms with Crippen LogP contribution >= 0.6 is 0 Å². The maximum Gasteiger partial charge on any atom is 0.242 e. The minimum Gasteiger partial charge on any atom is -0.352 e. The summed E-state index contributed by atoms with van der Waals surface area (Å²) in [5, 5.41) is 3.15. The van der Waals surface area contributed by atoms with Crippen LogP contribution in [0.2, 0.25) is 0 Å². The molecule has 8 heteroatoms. The number of amides is 2. The molecule has 0 aromatic heterocycles. The van der Waals surface area contributed by atoms with E-state index in [4.69, 9.17) is 0 Å². The van der Waals surface area contributed by atoms with E-state index in [1.54, 1.807) is 36.1 Å². The third-order valence-electron chi connectivity index (χ3n) is 6.80. The number of carbonyl (C=O) groups is 2. The standard InChI is InChI=1S/C28H39N3O4S/c1-23(28(33)29-25-15-8-4-9-16-25)30(22-20-24-13-6-3-7-14-24)27(32)19-12-21-31(36(2,34)35)26-17-10-5-11-18-26/h3,5-7,10-11,13-14,17-18,23,25H,4,8-9,12,15-16,19-22H2,1-2H3,(H,29,33)/t23-/m1/s1. The minimum absolute atomic E-state index is 0.120. The van der Waals surface area contributed by atoms with Crippen LogP contribution in [0.5, 0.6) is 0 Å². The van der Waals surface area contributed by atoms with Gasteiger partial charge in [0.2, 0.25) is 21.8 Å². The number of nitrogens with zero attached hydrogens (tertiary/aromatic N) is 2.